The number of nitrogens with one attached hydrogen (secondary N) is 1. The molecule has 1 aliphatic rings. The molecule has 5 heteroatoms. The summed E-state index contributed by atoms with van der Waals surface area (Å²) in [6.45, 7) is 3.77. The molecule has 0 aliphatic heterocycles. The van der Waals surface area contributed by atoms with Crippen LogP contribution in [0.25, 0.3) is 0 Å². The Balaban J connectivity index is 2.27. The third-order valence-corrected chi connectivity index (χ3v) is 4.67. The fourth-order valence-corrected chi connectivity index (χ4v) is 3.68. The van der Waals surface area contributed by atoms with Crippen LogP contribution in [-0.4, -0.2) is 18.9 Å². The summed E-state index contributed by atoms with van der Waals surface area (Å²) in [6.07, 6.45) is 4.88. The number of hydrogen-bond donors (Lipinski definition) is 2. The number of nitrogens with two attached hydrogens (primary N) is 1. The van der Waals surface area contributed by atoms with Crippen LogP contribution in [0.15, 0.2) is 0 Å². The van der Waals surface area contributed by atoms with E-state index in [-0.39, 0.29) is 11.7 Å². The SMILES string of the molecule is COc1c(NC2CCCC2)sc(C(=O)C(C)C)c1N. The Morgan fingerprint density at radius 1 is 1.42 bits per heavy atom. The second-order valence-electron chi connectivity index (χ2n) is 5.35. The molecule has 0 radical (unpaired) electrons. The van der Waals surface area contributed by atoms with Gasteiger partial charge >= 0.3 is 0 Å². The quantitative estimate of drug-likeness (QED) is 0.811. The highest BCUT2D eigenvalue weighted by Gasteiger charge is 2.25. The third-order valence-electron chi connectivity index (χ3n) is 3.54. The zero-order valence-corrected chi connectivity index (χ0v) is 12.6. The molecule has 0 aromatic carbocycles. The topological polar surface area (TPSA) is 64.3 Å². The molecule has 19 heavy (non-hydrogen) atoms. The number of nitrogen functional groups attached to an aromatic ring is 1. The van der Waals surface area contributed by atoms with E-state index in [0.29, 0.717) is 22.4 Å². The zero-order chi connectivity index (χ0) is 14.0. The fraction of sp³-hybridized carbons (Fsp3) is 0.643. The van der Waals surface area contributed by atoms with Crippen molar-refractivity contribution >= 4 is 27.8 Å². The molecule has 106 valence electrons. The van der Waals surface area contributed by atoms with Crippen molar-refractivity contribution in [3.8, 4) is 5.75 Å². The molecule has 1 fully saturated rings. The maximum absolute atomic E-state index is 12.1. The highest BCUT2D eigenvalue weighted by atomic mass is 32.1. The van der Waals surface area contributed by atoms with Crippen molar-refractivity contribution in [1.82, 2.24) is 0 Å². The summed E-state index contributed by atoms with van der Waals surface area (Å²) in [5.41, 5.74) is 6.53. The van der Waals surface area contributed by atoms with Crippen molar-refractivity contribution in [3.05, 3.63) is 4.88 Å². The van der Waals surface area contributed by atoms with Gasteiger partial charge in [-0.15, -0.1) is 11.3 Å². The average Bonchev–Trinajstić information content (AvgIpc) is 2.97. The second kappa shape index (κ2) is 5.82. The molecule has 2 rings (SSSR count). The number of hydrogen-bond acceptors (Lipinski definition) is 5. The van der Waals surface area contributed by atoms with Crippen LogP contribution >= 0.6 is 11.3 Å². The molecule has 1 saturated carbocycles. The van der Waals surface area contributed by atoms with Gasteiger partial charge in [0.15, 0.2) is 11.5 Å². The summed E-state index contributed by atoms with van der Waals surface area (Å²) in [5, 5.41) is 4.38. The van der Waals surface area contributed by atoms with E-state index in [9.17, 15) is 4.79 Å². The van der Waals surface area contributed by atoms with Gasteiger partial charge in [0.1, 0.15) is 5.00 Å². The molecule has 3 N–H and O–H groups in total. The summed E-state index contributed by atoms with van der Waals surface area (Å²) in [7, 11) is 1.60. The van der Waals surface area contributed by atoms with E-state index in [4.69, 9.17) is 10.5 Å². The Morgan fingerprint density at radius 2 is 2.05 bits per heavy atom. The first-order valence-corrected chi connectivity index (χ1v) is 7.63. The van der Waals surface area contributed by atoms with Crippen LogP contribution in [0.1, 0.15) is 49.2 Å². The van der Waals surface area contributed by atoms with Crippen molar-refractivity contribution in [3.63, 3.8) is 0 Å². The van der Waals surface area contributed by atoms with Crippen LogP contribution < -0.4 is 15.8 Å². The molecule has 1 aromatic heterocycles. The van der Waals surface area contributed by atoms with Crippen molar-refractivity contribution in [2.24, 2.45) is 5.92 Å². The van der Waals surface area contributed by atoms with Crippen LogP contribution in [0, 0.1) is 5.92 Å². The smallest absolute Gasteiger partial charge is 0.177 e. The standard InChI is InChI=1S/C14H22N2O2S/c1-8(2)11(17)13-10(15)12(18-3)14(19-13)16-9-6-4-5-7-9/h8-9,16H,4-7,15H2,1-3H3. The minimum atomic E-state index is -0.0509. The lowest BCUT2D eigenvalue weighted by molar-refractivity contribution is 0.0944. The molecule has 1 heterocycles. The molecule has 0 bridgehead atoms. The molecule has 1 aromatic rings. The number of ether oxygens (including phenoxy) is 1. The summed E-state index contributed by atoms with van der Waals surface area (Å²) in [6, 6.07) is 0.481. The molecular formula is C14H22N2O2S. The maximum Gasteiger partial charge on any atom is 0.177 e. The lowest BCUT2D eigenvalue weighted by atomic mass is 10.1. The summed E-state index contributed by atoms with van der Waals surface area (Å²) < 4.78 is 5.37. The van der Waals surface area contributed by atoms with E-state index in [1.165, 1.54) is 37.0 Å². The fourth-order valence-electron chi connectivity index (χ4n) is 2.43. The lowest BCUT2D eigenvalue weighted by Gasteiger charge is -2.12. The monoisotopic (exact) mass is 282 g/mol. The van der Waals surface area contributed by atoms with Gasteiger partial charge < -0.3 is 15.8 Å². The van der Waals surface area contributed by atoms with Gasteiger partial charge in [-0.3, -0.25) is 4.79 Å². The molecule has 0 saturated heterocycles. The van der Waals surface area contributed by atoms with Gasteiger partial charge in [-0.05, 0) is 12.8 Å². The normalized spacial score (nSPS) is 16.0. The van der Waals surface area contributed by atoms with Gasteiger partial charge in [0, 0.05) is 12.0 Å². The van der Waals surface area contributed by atoms with E-state index >= 15 is 0 Å². The Bertz CT molecular complexity index is 462. The van der Waals surface area contributed by atoms with Crippen LogP contribution in [0.4, 0.5) is 10.7 Å². The number of methoxy groups -OCH3 is 1. The van der Waals surface area contributed by atoms with Gasteiger partial charge in [0.25, 0.3) is 0 Å². The molecule has 0 unspecified atom stereocenters. The van der Waals surface area contributed by atoms with Crippen LogP contribution in [0.2, 0.25) is 0 Å². The van der Waals surface area contributed by atoms with Crippen molar-refractivity contribution in [2.75, 3.05) is 18.2 Å². The number of Topliss-reactive ketones (excluding diaryl/α,β-unsaturated/α-hetero) is 1. The number of ketones is 1. The minimum absolute atomic E-state index is 0.0509. The number of carbonyl (C=O) groups is 1. The van der Waals surface area contributed by atoms with Gasteiger partial charge in [-0.2, -0.15) is 0 Å². The van der Waals surface area contributed by atoms with Crippen LogP contribution in [-0.2, 0) is 0 Å². The average molecular weight is 282 g/mol. The molecule has 0 atom stereocenters. The Labute approximate surface area is 118 Å². The maximum atomic E-state index is 12.1. The zero-order valence-electron chi connectivity index (χ0n) is 11.8. The summed E-state index contributed by atoms with van der Waals surface area (Å²) in [4.78, 5) is 12.7. The largest absolute Gasteiger partial charge is 0.492 e. The Kier molecular flexibility index (Phi) is 4.34. The minimum Gasteiger partial charge on any atom is -0.492 e. The number of rotatable bonds is 5. The molecule has 0 amide bonds. The van der Waals surface area contributed by atoms with Gasteiger partial charge in [-0.25, -0.2) is 0 Å². The van der Waals surface area contributed by atoms with Crippen LogP contribution in [0.3, 0.4) is 0 Å². The van der Waals surface area contributed by atoms with Crippen molar-refractivity contribution in [2.45, 2.75) is 45.6 Å². The Morgan fingerprint density at radius 3 is 2.58 bits per heavy atom. The van der Waals surface area contributed by atoms with Gasteiger partial charge in [-0.1, -0.05) is 26.7 Å². The van der Waals surface area contributed by atoms with Crippen molar-refractivity contribution in [1.29, 1.82) is 0 Å². The predicted octanol–water partition coefficient (Wildman–Crippen LogP) is 3.53. The predicted molar refractivity (Wildman–Crippen MR) is 80.3 cm³/mol. The molecule has 0 spiro atoms. The first-order chi connectivity index (χ1) is 9.04. The molecule has 4 nitrogen and oxygen atoms in total. The summed E-state index contributed by atoms with van der Waals surface area (Å²) >= 11 is 1.42. The Hall–Kier alpha value is -1.23. The molecular weight excluding hydrogens is 260 g/mol. The van der Waals surface area contributed by atoms with E-state index in [0.717, 1.165) is 5.00 Å². The van der Waals surface area contributed by atoms with E-state index < -0.39 is 0 Å². The van der Waals surface area contributed by atoms with E-state index in [2.05, 4.69) is 5.32 Å². The second-order valence-corrected chi connectivity index (χ2v) is 6.37. The third kappa shape index (κ3) is 2.86. The van der Waals surface area contributed by atoms with E-state index in [1.807, 2.05) is 13.8 Å². The highest BCUT2D eigenvalue weighted by Crippen LogP contribution is 2.44. The number of anilines is 2. The summed E-state index contributed by atoms with van der Waals surface area (Å²) in [5.74, 6) is 0.658. The number of carbonyl (C=O) groups excluding carboxylic acids is 1. The van der Waals surface area contributed by atoms with Gasteiger partial charge in [0.2, 0.25) is 0 Å². The highest BCUT2D eigenvalue weighted by molar-refractivity contribution is 7.19. The van der Waals surface area contributed by atoms with Crippen molar-refractivity contribution < 1.29 is 9.53 Å². The van der Waals surface area contributed by atoms with Crippen LogP contribution in [0.5, 0.6) is 5.75 Å². The first kappa shape index (κ1) is 14.2. The van der Waals surface area contributed by atoms with Gasteiger partial charge in [0.05, 0.1) is 17.7 Å². The molecule has 1 aliphatic carbocycles. The number of thiophene rings is 1. The van der Waals surface area contributed by atoms with E-state index in [1.54, 1.807) is 7.11 Å². The first-order valence-electron chi connectivity index (χ1n) is 6.81. The lowest BCUT2D eigenvalue weighted by Crippen LogP contribution is -2.13.